The third kappa shape index (κ3) is 99.6. The zero-order valence-electron chi connectivity index (χ0n) is 47.8. The summed E-state index contributed by atoms with van der Waals surface area (Å²) in [6.45, 7) is 39.5. The van der Waals surface area contributed by atoms with Gasteiger partial charge >= 0.3 is 69.2 Å². The van der Waals surface area contributed by atoms with Crippen molar-refractivity contribution in [2.45, 2.75) is 202 Å². The zero-order valence-corrected chi connectivity index (χ0v) is 52.0. The smallest absolute Gasteiger partial charge is 0.875 e. The zero-order chi connectivity index (χ0) is 52.1. The number of rotatable bonds is 24. The molecule has 0 atom stereocenters. The van der Waals surface area contributed by atoms with E-state index in [9.17, 15) is 30.6 Å². The number of allylic oxidation sites excluding steroid dienone is 12. The van der Waals surface area contributed by atoms with Crippen molar-refractivity contribution >= 4 is 103 Å². The van der Waals surface area contributed by atoms with Crippen LogP contribution < -0.4 is 60.6 Å². The monoisotopic (exact) mass is 1000 g/mol. The molecule has 0 aliphatic carbocycles. The second-order valence-electron chi connectivity index (χ2n) is 16.3. The van der Waals surface area contributed by atoms with Gasteiger partial charge < -0.3 is 30.6 Å². The van der Waals surface area contributed by atoms with Crippen LogP contribution >= 0.6 is 0 Å². The van der Waals surface area contributed by atoms with Crippen LogP contribution in [0.15, 0.2) is 71.0 Å². The summed E-state index contributed by atoms with van der Waals surface area (Å²) in [6, 6.07) is 0. The van der Waals surface area contributed by atoms with E-state index in [0.29, 0.717) is 0 Å². The fourth-order valence-electron chi connectivity index (χ4n) is 4.91. The third-order valence-corrected chi connectivity index (χ3v) is 8.12. The summed E-state index contributed by atoms with van der Waals surface area (Å²) in [4.78, 5) is 18.9. The summed E-state index contributed by atoms with van der Waals surface area (Å²) in [5.41, 5.74) is 5.78. The summed E-state index contributed by atoms with van der Waals surface area (Å²) in [6.07, 6.45) is 23.7. The summed E-state index contributed by atoms with van der Waals surface area (Å²) in [5, 5.41) is 63.4. The van der Waals surface area contributed by atoms with Crippen molar-refractivity contribution in [3.63, 3.8) is 0 Å². The number of nitrogens with one attached hydrogen (secondary N) is 6. The molecule has 0 heterocycles. The molecule has 0 bridgehead atoms. The fraction of sp³-hybridized carbons (Fsp3) is 0.667. The second-order valence-corrected chi connectivity index (χ2v) is 16.3. The Morgan fingerprint density at radius 2 is 0.348 bits per heavy atom. The second kappa shape index (κ2) is 67.6. The van der Waals surface area contributed by atoms with Crippen molar-refractivity contribution in [2.24, 2.45) is 0 Å². The van der Waals surface area contributed by atoms with E-state index in [2.05, 4.69) is 71.5 Å². The van der Waals surface area contributed by atoms with Crippen LogP contribution in [0.25, 0.3) is 0 Å². The molecule has 0 spiro atoms. The minimum atomic E-state index is 0. The molecule has 0 aromatic carbocycles. The molecule has 12 nitrogen and oxygen atoms in total. The van der Waals surface area contributed by atoms with Gasteiger partial charge in [0.05, 0.1) is 0 Å². The Labute approximate surface area is 472 Å². The average Bonchev–Trinajstić information content (AvgIpc) is 3.18. The van der Waals surface area contributed by atoms with Gasteiger partial charge in [-0.3, -0.25) is 0 Å². The van der Waals surface area contributed by atoms with Gasteiger partial charge in [-0.25, -0.2) is 30.0 Å². The maximum absolute atomic E-state index is 10.6. The van der Waals surface area contributed by atoms with E-state index in [4.69, 9.17) is 0 Å². The maximum Gasteiger partial charge on any atom is 2.00 e. The quantitative estimate of drug-likeness (QED) is 0.0248. The molecule has 0 aliphatic heterocycles. The first-order valence-electron chi connectivity index (χ1n) is 24.6. The third-order valence-electron chi connectivity index (χ3n) is 8.12. The SMILES string of the molecule is CCCC[NH+]=C(C)/C=C(/C)[O-].CCCC[NH+]=C(C)/C=C(/C)[O-].CCCC[NH+]=C(C)/C=C(/C)[O-].CCCC[NH+]=C(C)/C=C(/C)[O-].CCCC[NH+]=C(C)/C=C(/C)[O-].CCCC[NH+]=C(C)/C=C(/C)[O-].[Mg+2].[Mg+2].[Mg+2]. The minimum Gasteiger partial charge on any atom is -0.875 e. The van der Waals surface area contributed by atoms with Crippen LogP contribution in [0.3, 0.4) is 0 Å². The van der Waals surface area contributed by atoms with Crippen LogP contribution in [-0.4, -0.2) is 143 Å². The molecule has 69 heavy (non-hydrogen) atoms. The van der Waals surface area contributed by atoms with Crippen LogP contribution in [0.1, 0.15) is 202 Å². The van der Waals surface area contributed by atoms with Crippen LogP contribution in [0, 0.1) is 0 Å². The molecule has 6 N–H and O–H groups in total. The van der Waals surface area contributed by atoms with Gasteiger partial charge in [0.1, 0.15) is 39.3 Å². The molecular weight excluding hydrogens is 902 g/mol. The molecule has 0 aromatic rings. The van der Waals surface area contributed by atoms with Crippen LogP contribution in [-0.2, 0) is 0 Å². The summed E-state index contributed by atoms with van der Waals surface area (Å²) < 4.78 is 0. The van der Waals surface area contributed by atoms with Gasteiger partial charge in [0.25, 0.3) is 0 Å². The fourth-order valence-corrected chi connectivity index (χ4v) is 4.91. The van der Waals surface area contributed by atoms with Gasteiger partial charge in [-0.2, -0.15) is 0 Å². The summed E-state index contributed by atoms with van der Waals surface area (Å²) >= 11 is 0. The van der Waals surface area contributed by atoms with E-state index in [1.807, 2.05) is 41.5 Å². The first kappa shape index (κ1) is 86.3. The van der Waals surface area contributed by atoms with E-state index in [-0.39, 0.29) is 104 Å². The van der Waals surface area contributed by atoms with Crippen LogP contribution in [0.2, 0.25) is 0 Å². The van der Waals surface area contributed by atoms with Crippen molar-refractivity contribution in [2.75, 3.05) is 39.3 Å². The maximum atomic E-state index is 10.6. The van der Waals surface area contributed by atoms with Crippen LogP contribution in [0.5, 0.6) is 0 Å². The standard InChI is InChI=1S/6C9H17NO.3Mg/c6*1-4-5-6-10-8(2)7-9(3)11;;;/h6*7,11H,4-6H2,1-3H3;;;/q;;;;;;3*+2/b6*9-7-,10-8?;;;. The Kier molecular flexibility index (Phi) is 84.6. The molecule has 0 unspecified atom stereocenters. The normalized spacial score (nSPS) is 13.1. The van der Waals surface area contributed by atoms with Gasteiger partial charge in [-0.05, 0) is 36.5 Å². The number of unbranched alkanes of at least 4 members (excludes halogenated alkanes) is 6. The molecule has 0 saturated carbocycles. The molecule has 384 valence electrons. The Balaban J connectivity index is -0.0000000887. The van der Waals surface area contributed by atoms with Gasteiger partial charge in [0.2, 0.25) is 0 Å². The van der Waals surface area contributed by atoms with E-state index >= 15 is 0 Å². The van der Waals surface area contributed by atoms with Crippen LogP contribution in [0.4, 0.5) is 0 Å². The summed E-state index contributed by atoms with van der Waals surface area (Å²) in [7, 11) is 0. The molecule has 0 fully saturated rings. The Morgan fingerprint density at radius 3 is 0.420 bits per heavy atom. The molecule has 0 rings (SSSR count). The first-order valence-corrected chi connectivity index (χ1v) is 24.6. The van der Waals surface area contributed by atoms with E-state index in [1.54, 1.807) is 78.0 Å². The minimum absolute atomic E-state index is 0. The molecule has 0 amide bonds. The summed E-state index contributed by atoms with van der Waals surface area (Å²) in [5.74, 6) is 0.619. The average molecular weight is 1000 g/mol. The van der Waals surface area contributed by atoms with E-state index in [1.165, 1.54) is 38.5 Å². The number of hydrogen-bond donors (Lipinski definition) is 6. The van der Waals surface area contributed by atoms with Gasteiger partial charge in [-0.15, -0.1) is 34.6 Å². The van der Waals surface area contributed by atoms with Crippen molar-refractivity contribution in [1.29, 1.82) is 0 Å². The first-order chi connectivity index (χ1) is 31.0. The predicted octanol–water partition coefficient (Wildman–Crippen LogP) is -3.59. The van der Waals surface area contributed by atoms with Crippen molar-refractivity contribution in [3.8, 4) is 0 Å². The molecular formula is C54H102Mg3N6O6+6. The predicted molar refractivity (Wildman–Crippen MR) is 288 cm³/mol. The topological polar surface area (TPSA) is 222 Å². The van der Waals surface area contributed by atoms with E-state index in [0.717, 1.165) is 112 Å². The van der Waals surface area contributed by atoms with Gasteiger partial charge in [0.15, 0.2) is 34.3 Å². The number of hydrogen-bond acceptors (Lipinski definition) is 6. The van der Waals surface area contributed by atoms with Gasteiger partial charge in [0, 0.05) is 80.1 Å². The molecule has 15 heteroatoms. The van der Waals surface area contributed by atoms with Crippen molar-refractivity contribution in [1.82, 2.24) is 0 Å². The van der Waals surface area contributed by atoms with Crippen molar-refractivity contribution in [3.05, 3.63) is 71.0 Å². The van der Waals surface area contributed by atoms with Crippen molar-refractivity contribution < 1.29 is 60.6 Å². The Hall–Kier alpha value is -2.44. The molecule has 0 aliphatic rings. The molecule has 0 aromatic heterocycles. The molecule has 0 radical (unpaired) electrons. The van der Waals surface area contributed by atoms with E-state index < -0.39 is 0 Å². The Bertz CT molecular complexity index is 1240. The van der Waals surface area contributed by atoms with Gasteiger partial charge in [-0.1, -0.05) is 122 Å². The Morgan fingerprint density at radius 1 is 0.246 bits per heavy atom. The largest absolute Gasteiger partial charge is 2.00 e. The molecule has 0 saturated heterocycles.